The van der Waals surface area contributed by atoms with Gasteiger partial charge in [-0.15, -0.1) is 0 Å². The van der Waals surface area contributed by atoms with Crippen LogP contribution in [0.5, 0.6) is 5.75 Å². The molecule has 3 amide bonds. The van der Waals surface area contributed by atoms with Crippen LogP contribution in [-0.4, -0.2) is 35.8 Å². The van der Waals surface area contributed by atoms with Gasteiger partial charge < -0.3 is 10.1 Å². The van der Waals surface area contributed by atoms with E-state index in [4.69, 9.17) is 4.74 Å². The topological polar surface area (TPSA) is 75.7 Å². The number of benzene rings is 2. The van der Waals surface area contributed by atoms with Crippen LogP contribution < -0.4 is 10.1 Å². The highest BCUT2D eigenvalue weighted by molar-refractivity contribution is 6.22. The van der Waals surface area contributed by atoms with Crippen LogP contribution in [0.4, 0.5) is 0 Å². The van der Waals surface area contributed by atoms with Crippen molar-refractivity contribution in [1.29, 1.82) is 0 Å². The fraction of sp³-hybridized carbons (Fsp3) is 0.318. The van der Waals surface area contributed by atoms with E-state index in [1.807, 2.05) is 38.1 Å². The van der Waals surface area contributed by atoms with Crippen molar-refractivity contribution >= 4 is 17.7 Å². The van der Waals surface area contributed by atoms with Gasteiger partial charge in [0, 0.05) is 24.1 Å². The Morgan fingerprint density at radius 3 is 2.68 bits per heavy atom. The lowest BCUT2D eigenvalue weighted by atomic mass is 9.99. The molecule has 6 nitrogen and oxygen atoms in total. The van der Waals surface area contributed by atoms with Crippen LogP contribution in [0, 0.1) is 5.92 Å². The Morgan fingerprint density at radius 2 is 1.89 bits per heavy atom. The monoisotopic (exact) mass is 378 g/mol. The summed E-state index contributed by atoms with van der Waals surface area (Å²) in [7, 11) is 0. The second-order valence-corrected chi connectivity index (χ2v) is 7.58. The minimum Gasteiger partial charge on any atom is -0.493 e. The van der Waals surface area contributed by atoms with Crippen LogP contribution in [0.15, 0.2) is 42.5 Å². The molecule has 0 saturated carbocycles. The van der Waals surface area contributed by atoms with Gasteiger partial charge in [0.15, 0.2) is 0 Å². The van der Waals surface area contributed by atoms with E-state index < -0.39 is 0 Å². The maximum absolute atomic E-state index is 12.8. The molecule has 1 unspecified atom stereocenters. The minimum absolute atomic E-state index is 0.152. The molecule has 0 fully saturated rings. The molecule has 1 atom stereocenters. The Balaban J connectivity index is 1.56. The van der Waals surface area contributed by atoms with Gasteiger partial charge >= 0.3 is 0 Å². The highest BCUT2D eigenvalue weighted by Gasteiger charge is 2.36. The maximum atomic E-state index is 12.8. The first-order chi connectivity index (χ1) is 13.5. The molecule has 0 saturated heterocycles. The number of nitrogens with zero attached hydrogens (tertiary/aromatic N) is 1. The first kappa shape index (κ1) is 18.2. The maximum Gasteiger partial charge on any atom is 0.261 e. The molecule has 144 valence electrons. The summed E-state index contributed by atoms with van der Waals surface area (Å²) in [6, 6.07) is 12.2. The summed E-state index contributed by atoms with van der Waals surface area (Å²) in [4.78, 5) is 39.2. The molecule has 6 heteroatoms. The lowest BCUT2D eigenvalue weighted by Gasteiger charge is -2.26. The number of fused-ring (bicyclic) bond motifs is 2. The van der Waals surface area contributed by atoms with Crippen molar-refractivity contribution in [2.24, 2.45) is 5.92 Å². The van der Waals surface area contributed by atoms with Gasteiger partial charge in [-0.25, -0.2) is 0 Å². The van der Waals surface area contributed by atoms with E-state index in [9.17, 15) is 14.4 Å². The summed E-state index contributed by atoms with van der Waals surface area (Å²) < 4.78 is 5.63. The third-order valence-corrected chi connectivity index (χ3v) is 5.04. The predicted octanol–water partition coefficient (Wildman–Crippen LogP) is 3.19. The van der Waals surface area contributed by atoms with E-state index in [1.54, 1.807) is 12.1 Å². The Morgan fingerprint density at radius 1 is 1.14 bits per heavy atom. The largest absolute Gasteiger partial charge is 0.493 e. The normalized spacial score (nSPS) is 18.0. The molecule has 0 aliphatic carbocycles. The molecule has 0 spiro atoms. The number of carbonyl (C=O) groups is 3. The zero-order valence-corrected chi connectivity index (χ0v) is 15.9. The molecule has 0 aromatic heterocycles. The fourth-order valence-corrected chi connectivity index (χ4v) is 3.70. The lowest BCUT2D eigenvalue weighted by Crippen LogP contribution is -2.33. The molecule has 4 rings (SSSR count). The first-order valence-corrected chi connectivity index (χ1v) is 9.48. The number of imide groups is 1. The summed E-state index contributed by atoms with van der Waals surface area (Å²) in [5.41, 5.74) is 1.97. The molecule has 1 N–H and O–H groups in total. The van der Waals surface area contributed by atoms with Gasteiger partial charge in [0.2, 0.25) is 0 Å². The van der Waals surface area contributed by atoms with Crippen LogP contribution in [0.2, 0.25) is 0 Å². The Kier molecular flexibility index (Phi) is 4.63. The number of nitrogens with one attached hydrogen (secondary N) is 1. The van der Waals surface area contributed by atoms with Crippen LogP contribution in [0.3, 0.4) is 0 Å². The average molecular weight is 378 g/mol. The lowest BCUT2D eigenvalue weighted by molar-refractivity contribution is 0.0636. The van der Waals surface area contributed by atoms with Gasteiger partial charge in [-0.05, 0) is 30.2 Å². The van der Waals surface area contributed by atoms with E-state index in [1.165, 1.54) is 11.0 Å². The van der Waals surface area contributed by atoms with Crippen molar-refractivity contribution in [2.45, 2.75) is 26.3 Å². The van der Waals surface area contributed by atoms with Gasteiger partial charge in [-0.2, -0.15) is 0 Å². The average Bonchev–Trinajstić information content (AvgIpc) is 2.92. The number of hydrogen-bond acceptors (Lipinski definition) is 4. The standard InChI is InChI=1S/C22H22N2O4/c1-13(2)12-24-21(26)15-8-7-14(11-17(15)22(24)27)20(25)23-18-9-10-28-19-6-4-3-5-16(18)19/h3-8,11,13,18H,9-10,12H2,1-2H3,(H,23,25). The molecule has 2 heterocycles. The highest BCUT2D eigenvalue weighted by atomic mass is 16.5. The highest BCUT2D eigenvalue weighted by Crippen LogP contribution is 2.32. The summed E-state index contributed by atoms with van der Waals surface area (Å²) in [6.45, 7) is 4.80. The fourth-order valence-electron chi connectivity index (χ4n) is 3.70. The van der Waals surface area contributed by atoms with Crippen LogP contribution in [0.25, 0.3) is 0 Å². The quantitative estimate of drug-likeness (QED) is 0.829. The van der Waals surface area contributed by atoms with E-state index in [-0.39, 0.29) is 29.7 Å². The number of rotatable bonds is 4. The predicted molar refractivity (Wildman–Crippen MR) is 103 cm³/mol. The van der Waals surface area contributed by atoms with Crippen molar-refractivity contribution in [3.05, 3.63) is 64.7 Å². The minimum atomic E-state index is -0.334. The molecule has 0 radical (unpaired) electrons. The van der Waals surface area contributed by atoms with Gasteiger partial charge in [0.1, 0.15) is 5.75 Å². The van der Waals surface area contributed by atoms with Crippen molar-refractivity contribution in [2.75, 3.05) is 13.2 Å². The van der Waals surface area contributed by atoms with Gasteiger partial charge in [0.25, 0.3) is 17.7 Å². The third-order valence-electron chi connectivity index (χ3n) is 5.04. The second kappa shape index (κ2) is 7.11. The molecule has 28 heavy (non-hydrogen) atoms. The first-order valence-electron chi connectivity index (χ1n) is 9.48. The van der Waals surface area contributed by atoms with E-state index in [0.717, 1.165) is 11.3 Å². The number of amides is 3. The molecule has 2 aromatic rings. The van der Waals surface area contributed by atoms with E-state index in [2.05, 4.69) is 5.32 Å². The summed E-state index contributed by atoms with van der Waals surface area (Å²) >= 11 is 0. The van der Waals surface area contributed by atoms with Crippen molar-refractivity contribution in [3.8, 4) is 5.75 Å². The Hall–Kier alpha value is -3.15. The van der Waals surface area contributed by atoms with Crippen molar-refractivity contribution < 1.29 is 19.1 Å². The molecule has 0 bridgehead atoms. The zero-order chi connectivity index (χ0) is 19.8. The van der Waals surface area contributed by atoms with Gasteiger partial charge in [-0.3, -0.25) is 19.3 Å². The zero-order valence-electron chi connectivity index (χ0n) is 15.9. The smallest absolute Gasteiger partial charge is 0.261 e. The number of ether oxygens (including phenoxy) is 1. The third kappa shape index (κ3) is 3.15. The summed E-state index contributed by atoms with van der Waals surface area (Å²) in [5.74, 6) is 0.0579. The van der Waals surface area contributed by atoms with E-state index >= 15 is 0 Å². The Bertz CT molecular complexity index is 967. The van der Waals surface area contributed by atoms with Crippen molar-refractivity contribution in [3.63, 3.8) is 0 Å². The summed E-state index contributed by atoms with van der Waals surface area (Å²) in [6.07, 6.45) is 0.674. The van der Waals surface area contributed by atoms with Crippen LogP contribution in [-0.2, 0) is 0 Å². The summed E-state index contributed by atoms with van der Waals surface area (Å²) in [5, 5.41) is 3.02. The molecule has 2 aliphatic rings. The number of carbonyl (C=O) groups excluding carboxylic acids is 3. The molecule has 2 aromatic carbocycles. The molecular weight excluding hydrogens is 356 g/mol. The number of hydrogen-bond donors (Lipinski definition) is 1. The van der Waals surface area contributed by atoms with Gasteiger partial charge in [-0.1, -0.05) is 32.0 Å². The van der Waals surface area contributed by atoms with Crippen LogP contribution in [0.1, 0.15) is 62.9 Å². The second-order valence-electron chi connectivity index (χ2n) is 7.58. The van der Waals surface area contributed by atoms with Crippen molar-refractivity contribution in [1.82, 2.24) is 10.2 Å². The number of para-hydroxylation sites is 1. The van der Waals surface area contributed by atoms with Crippen LogP contribution >= 0.6 is 0 Å². The van der Waals surface area contributed by atoms with Gasteiger partial charge in [0.05, 0.1) is 23.8 Å². The Labute approximate surface area is 163 Å². The SMILES string of the molecule is CC(C)CN1C(=O)c2ccc(C(=O)NC3CCOc4ccccc43)cc2C1=O. The van der Waals surface area contributed by atoms with E-state index in [0.29, 0.717) is 36.3 Å². The molecular formula is C22H22N2O4. The molecule has 2 aliphatic heterocycles.